The van der Waals surface area contributed by atoms with Crippen LogP contribution in [0.5, 0.6) is 5.75 Å². The van der Waals surface area contributed by atoms with Crippen molar-refractivity contribution in [1.82, 2.24) is 0 Å². The largest absolute Gasteiger partial charge is 0.484 e. The molecule has 0 atom stereocenters. The van der Waals surface area contributed by atoms with Crippen molar-refractivity contribution in [2.24, 2.45) is 0 Å². The number of hydrogen-bond donors (Lipinski definition) is 2. The van der Waals surface area contributed by atoms with Crippen molar-refractivity contribution in [3.8, 4) is 5.75 Å². The molecule has 0 aliphatic carbocycles. The lowest BCUT2D eigenvalue weighted by Crippen LogP contribution is -2.20. The molecule has 25 heavy (non-hydrogen) atoms. The first-order chi connectivity index (χ1) is 12.0. The number of carbonyl (C=O) groups is 2. The number of anilines is 2. The smallest absolute Gasteiger partial charge is 0.411 e. The Hall–Kier alpha value is -2.54. The van der Waals surface area contributed by atoms with Crippen LogP contribution in [0.2, 0.25) is 0 Å². The van der Waals surface area contributed by atoms with Crippen LogP contribution in [0.1, 0.15) is 12.5 Å². The molecule has 0 bridgehead atoms. The van der Waals surface area contributed by atoms with Gasteiger partial charge in [0.05, 0.1) is 12.3 Å². The van der Waals surface area contributed by atoms with Gasteiger partial charge in [0.2, 0.25) is 0 Å². The zero-order valence-corrected chi connectivity index (χ0v) is 15.6. The van der Waals surface area contributed by atoms with Crippen molar-refractivity contribution in [3.63, 3.8) is 0 Å². The first-order valence-corrected chi connectivity index (χ1v) is 8.50. The molecule has 2 aromatic rings. The maximum atomic E-state index is 12.0. The van der Waals surface area contributed by atoms with Gasteiger partial charge in [-0.2, -0.15) is 0 Å². The van der Waals surface area contributed by atoms with E-state index in [1.807, 2.05) is 25.1 Å². The fraction of sp³-hybridized carbons (Fsp3) is 0.222. The minimum atomic E-state index is -0.540. The fourth-order valence-electron chi connectivity index (χ4n) is 2.01. The van der Waals surface area contributed by atoms with Crippen LogP contribution in [0.15, 0.2) is 46.9 Å². The SMILES string of the molecule is CCOC(=O)Nc1cccc(OCC(=O)Nc2ccc(C)cc2Br)c1. The van der Waals surface area contributed by atoms with Gasteiger partial charge in [0, 0.05) is 16.2 Å². The monoisotopic (exact) mass is 406 g/mol. The van der Waals surface area contributed by atoms with Gasteiger partial charge in [-0.05, 0) is 59.6 Å². The van der Waals surface area contributed by atoms with E-state index in [-0.39, 0.29) is 19.1 Å². The van der Waals surface area contributed by atoms with E-state index >= 15 is 0 Å². The van der Waals surface area contributed by atoms with Crippen molar-refractivity contribution >= 4 is 39.3 Å². The molecule has 0 aliphatic rings. The average Bonchev–Trinajstić information content (AvgIpc) is 2.56. The van der Waals surface area contributed by atoms with E-state index in [1.165, 1.54) is 0 Å². The van der Waals surface area contributed by atoms with Crippen molar-refractivity contribution < 1.29 is 19.1 Å². The van der Waals surface area contributed by atoms with Crippen LogP contribution in [0.4, 0.5) is 16.2 Å². The third-order valence-electron chi connectivity index (χ3n) is 3.12. The van der Waals surface area contributed by atoms with E-state index in [4.69, 9.17) is 9.47 Å². The minimum Gasteiger partial charge on any atom is -0.484 e. The molecule has 0 fully saturated rings. The Labute approximate surface area is 154 Å². The number of ether oxygens (including phenoxy) is 2. The summed E-state index contributed by atoms with van der Waals surface area (Å²) < 4.78 is 11.1. The van der Waals surface area contributed by atoms with Gasteiger partial charge < -0.3 is 14.8 Å². The van der Waals surface area contributed by atoms with Gasteiger partial charge in [0.1, 0.15) is 5.75 Å². The second-order valence-corrected chi connectivity index (χ2v) is 6.05. The zero-order chi connectivity index (χ0) is 18.2. The third-order valence-corrected chi connectivity index (χ3v) is 3.78. The van der Waals surface area contributed by atoms with Crippen molar-refractivity contribution in [2.45, 2.75) is 13.8 Å². The minimum absolute atomic E-state index is 0.150. The average molecular weight is 407 g/mol. The Balaban J connectivity index is 1.90. The Morgan fingerprint density at radius 1 is 1.12 bits per heavy atom. The third kappa shape index (κ3) is 6.11. The predicted octanol–water partition coefficient (Wildman–Crippen LogP) is 4.34. The highest BCUT2D eigenvalue weighted by Gasteiger charge is 2.08. The highest BCUT2D eigenvalue weighted by molar-refractivity contribution is 9.10. The second-order valence-electron chi connectivity index (χ2n) is 5.19. The highest BCUT2D eigenvalue weighted by atomic mass is 79.9. The number of amides is 2. The van der Waals surface area contributed by atoms with E-state index < -0.39 is 6.09 Å². The summed E-state index contributed by atoms with van der Waals surface area (Å²) in [6.07, 6.45) is -0.540. The molecule has 2 rings (SSSR count). The topological polar surface area (TPSA) is 76.7 Å². The van der Waals surface area contributed by atoms with Gasteiger partial charge in [-0.15, -0.1) is 0 Å². The summed E-state index contributed by atoms with van der Waals surface area (Å²) in [6, 6.07) is 12.4. The number of rotatable bonds is 6. The first-order valence-electron chi connectivity index (χ1n) is 7.70. The summed E-state index contributed by atoms with van der Waals surface area (Å²) in [7, 11) is 0. The fourth-order valence-corrected chi connectivity index (χ4v) is 2.60. The van der Waals surface area contributed by atoms with E-state index in [1.54, 1.807) is 31.2 Å². The van der Waals surface area contributed by atoms with Gasteiger partial charge in [0.25, 0.3) is 5.91 Å². The Bertz CT molecular complexity index is 764. The predicted molar refractivity (Wildman–Crippen MR) is 100 cm³/mol. The van der Waals surface area contributed by atoms with Crippen molar-refractivity contribution in [3.05, 3.63) is 52.5 Å². The summed E-state index contributed by atoms with van der Waals surface area (Å²) in [4.78, 5) is 23.4. The quantitative estimate of drug-likeness (QED) is 0.747. The van der Waals surface area contributed by atoms with Crippen LogP contribution in [0.25, 0.3) is 0 Å². The number of aryl methyl sites for hydroxylation is 1. The zero-order valence-electron chi connectivity index (χ0n) is 14.0. The second kappa shape index (κ2) is 9.08. The lowest BCUT2D eigenvalue weighted by molar-refractivity contribution is -0.118. The Kier molecular flexibility index (Phi) is 6.82. The van der Waals surface area contributed by atoms with Gasteiger partial charge in [-0.25, -0.2) is 4.79 Å². The number of benzene rings is 2. The molecule has 2 amide bonds. The van der Waals surface area contributed by atoms with Gasteiger partial charge in [-0.1, -0.05) is 12.1 Å². The molecule has 0 unspecified atom stereocenters. The van der Waals surface area contributed by atoms with E-state index in [0.29, 0.717) is 17.1 Å². The summed E-state index contributed by atoms with van der Waals surface area (Å²) in [5.41, 5.74) is 2.29. The summed E-state index contributed by atoms with van der Waals surface area (Å²) in [6.45, 7) is 3.83. The summed E-state index contributed by atoms with van der Waals surface area (Å²) in [5, 5.41) is 5.35. The number of carbonyl (C=O) groups excluding carboxylic acids is 2. The molecule has 6 nitrogen and oxygen atoms in total. The maximum Gasteiger partial charge on any atom is 0.411 e. The Morgan fingerprint density at radius 3 is 2.64 bits per heavy atom. The molecular formula is C18H19BrN2O4. The molecule has 2 N–H and O–H groups in total. The molecule has 132 valence electrons. The van der Waals surface area contributed by atoms with Gasteiger partial charge in [0.15, 0.2) is 6.61 Å². The van der Waals surface area contributed by atoms with Crippen LogP contribution in [-0.4, -0.2) is 25.2 Å². The molecular weight excluding hydrogens is 388 g/mol. The normalized spacial score (nSPS) is 10.0. The van der Waals surface area contributed by atoms with Gasteiger partial charge in [-0.3, -0.25) is 10.1 Å². The van der Waals surface area contributed by atoms with Crippen LogP contribution < -0.4 is 15.4 Å². The Morgan fingerprint density at radius 2 is 1.92 bits per heavy atom. The van der Waals surface area contributed by atoms with Crippen molar-refractivity contribution in [2.75, 3.05) is 23.8 Å². The standard InChI is InChI=1S/C18H19BrN2O4/c1-3-24-18(23)20-13-5-4-6-14(10-13)25-11-17(22)21-16-8-7-12(2)9-15(16)19/h4-10H,3,11H2,1-2H3,(H,20,23)(H,21,22). The molecule has 0 aliphatic heterocycles. The van der Waals surface area contributed by atoms with Crippen LogP contribution in [-0.2, 0) is 9.53 Å². The van der Waals surface area contributed by atoms with Crippen LogP contribution in [0.3, 0.4) is 0 Å². The summed E-state index contributed by atoms with van der Waals surface area (Å²) >= 11 is 3.41. The van der Waals surface area contributed by atoms with Crippen LogP contribution >= 0.6 is 15.9 Å². The van der Waals surface area contributed by atoms with Crippen LogP contribution in [0, 0.1) is 6.92 Å². The molecule has 0 heterocycles. The van der Waals surface area contributed by atoms with Crippen molar-refractivity contribution in [1.29, 1.82) is 0 Å². The molecule has 0 saturated carbocycles. The van der Waals surface area contributed by atoms with E-state index in [0.717, 1.165) is 10.0 Å². The number of hydrogen-bond acceptors (Lipinski definition) is 4. The lowest BCUT2D eigenvalue weighted by atomic mass is 10.2. The summed E-state index contributed by atoms with van der Waals surface area (Å²) in [5.74, 6) is 0.181. The molecule has 0 saturated heterocycles. The number of nitrogens with one attached hydrogen (secondary N) is 2. The number of halogens is 1. The first kappa shape index (κ1) is 18.8. The maximum absolute atomic E-state index is 12.0. The molecule has 7 heteroatoms. The van der Waals surface area contributed by atoms with E-state index in [2.05, 4.69) is 26.6 Å². The van der Waals surface area contributed by atoms with E-state index in [9.17, 15) is 9.59 Å². The van der Waals surface area contributed by atoms with Gasteiger partial charge >= 0.3 is 6.09 Å². The highest BCUT2D eigenvalue weighted by Crippen LogP contribution is 2.23. The molecule has 0 aromatic heterocycles. The molecule has 0 radical (unpaired) electrons. The lowest BCUT2D eigenvalue weighted by Gasteiger charge is -2.10. The molecule has 2 aromatic carbocycles. The molecule has 0 spiro atoms.